The number of ether oxygens (including phenoxy) is 1. The third-order valence-corrected chi connectivity index (χ3v) is 6.09. The molecule has 2 heterocycles. The highest BCUT2D eigenvalue weighted by Crippen LogP contribution is 2.27. The third-order valence-electron chi connectivity index (χ3n) is 6.09. The number of fused-ring (bicyclic) bond motifs is 1. The van der Waals surface area contributed by atoms with E-state index in [2.05, 4.69) is 10.2 Å². The van der Waals surface area contributed by atoms with E-state index in [-0.39, 0.29) is 17.4 Å². The number of carbonyl (C=O) groups is 2. The summed E-state index contributed by atoms with van der Waals surface area (Å²) >= 11 is 0. The van der Waals surface area contributed by atoms with Crippen molar-refractivity contribution in [3.05, 3.63) is 60.2 Å². The van der Waals surface area contributed by atoms with E-state index in [4.69, 9.17) is 9.72 Å². The lowest BCUT2D eigenvalue weighted by molar-refractivity contribution is -0.123. The summed E-state index contributed by atoms with van der Waals surface area (Å²) in [5, 5.41) is 3.87. The van der Waals surface area contributed by atoms with Gasteiger partial charge in [-0.15, -0.1) is 0 Å². The zero-order chi connectivity index (χ0) is 25.0. The number of carbonyl (C=O) groups excluding carboxylic acids is 2. The number of hydrogen-bond donors (Lipinski definition) is 1. The van der Waals surface area contributed by atoms with Crippen LogP contribution in [-0.4, -0.2) is 72.0 Å². The standard InChI is InChI=1S/C28H34N4O3/c1-28(2,3)30-26(33)19-31-14-7-15-32(17-16-31)27(34)23-18-25(20-10-12-21(35-4)13-11-20)29-24-9-6-5-8-22(23)24/h5-6,8-13,18H,7,14-17,19H2,1-4H3,(H,30,33). The van der Waals surface area contributed by atoms with Gasteiger partial charge in [0.25, 0.3) is 5.91 Å². The van der Waals surface area contributed by atoms with Crippen LogP contribution in [0.4, 0.5) is 0 Å². The molecular weight excluding hydrogens is 440 g/mol. The fourth-order valence-corrected chi connectivity index (χ4v) is 4.43. The Hall–Kier alpha value is -3.45. The monoisotopic (exact) mass is 474 g/mol. The van der Waals surface area contributed by atoms with Crippen molar-refractivity contribution in [3.8, 4) is 17.0 Å². The van der Waals surface area contributed by atoms with Crippen molar-refractivity contribution in [2.24, 2.45) is 0 Å². The SMILES string of the molecule is COc1ccc(-c2cc(C(=O)N3CCCN(CC(=O)NC(C)(C)C)CC3)c3ccccc3n2)cc1. The molecule has 7 heteroatoms. The minimum Gasteiger partial charge on any atom is -0.497 e. The average molecular weight is 475 g/mol. The lowest BCUT2D eigenvalue weighted by Gasteiger charge is -2.25. The Morgan fingerprint density at radius 2 is 1.74 bits per heavy atom. The van der Waals surface area contributed by atoms with Crippen molar-refractivity contribution >= 4 is 22.7 Å². The van der Waals surface area contributed by atoms with Crippen molar-refractivity contribution in [1.82, 2.24) is 20.1 Å². The molecule has 184 valence electrons. The predicted molar refractivity (Wildman–Crippen MR) is 139 cm³/mol. The number of nitrogens with zero attached hydrogens (tertiary/aromatic N) is 3. The van der Waals surface area contributed by atoms with Crippen LogP contribution in [0.15, 0.2) is 54.6 Å². The minimum atomic E-state index is -0.255. The predicted octanol–water partition coefficient (Wildman–Crippen LogP) is 3.97. The zero-order valence-corrected chi connectivity index (χ0v) is 21.0. The number of aromatic nitrogens is 1. The molecule has 0 bridgehead atoms. The summed E-state index contributed by atoms with van der Waals surface area (Å²) in [5.41, 5.74) is 2.87. The highest BCUT2D eigenvalue weighted by atomic mass is 16.5. The van der Waals surface area contributed by atoms with Gasteiger partial charge in [-0.2, -0.15) is 0 Å². The molecule has 2 amide bonds. The molecule has 0 spiro atoms. The molecule has 3 aromatic rings. The number of amides is 2. The Kier molecular flexibility index (Phi) is 7.36. The normalized spacial score (nSPS) is 15.0. The van der Waals surface area contributed by atoms with Gasteiger partial charge in [0, 0.05) is 42.7 Å². The van der Waals surface area contributed by atoms with Gasteiger partial charge < -0.3 is 15.0 Å². The second kappa shape index (κ2) is 10.4. The summed E-state index contributed by atoms with van der Waals surface area (Å²) in [7, 11) is 1.64. The van der Waals surface area contributed by atoms with Crippen LogP contribution >= 0.6 is 0 Å². The molecule has 1 aliphatic rings. The lowest BCUT2D eigenvalue weighted by atomic mass is 10.0. The molecule has 1 aliphatic heterocycles. The van der Waals surface area contributed by atoms with Gasteiger partial charge in [0.1, 0.15) is 5.75 Å². The van der Waals surface area contributed by atoms with Gasteiger partial charge in [0.15, 0.2) is 0 Å². The van der Waals surface area contributed by atoms with E-state index in [9.17, 15) is 9.59 Å². The van der Waals surface area contributed by atoms with Crippen LogP contribution in [0.5, 0.6) is 5.75 Å². The lowest BCUT2D eigenvalue weighted by Crippen LogP contribution is -2.46. The summed E-state index contributed by atoms with van der Waals surface area (Å²) in [6, 6.07) is 17.4. The molecule has 0 atom stereocenters. The maximum atomic E-state index is 13.7. The molecule has 1 saturated heterocycles. The van der Waals surface area contributed by atoms with Crippen molar-refractivity contribution in [3.63, 3.8) is 0 Å². The van der Waals surface area contributed by atoms with E-state index in [1.54, 1.807) is 7.11 Å². The molecule has 2 aromatic carbocycles. The van der Waals surface area contributed by atoms with Crippen molar-refractivity contribution in [2.45, 2.75) is 32.7 Å². The number of rotatable bonds is 5. The zero-order valence-electron chi connectivity index (χ0n) is 21.0. The quantitative estimate of drug-likeness (QED) is 0.606. The van der Waals surface area contributed by atoms with Crippen LogP contribution in [-0.2, 0) is 4.79 Å². The Labute approximate surface area is 207 Å². The Morgan fingerprint density at radius 1 is 1.00 bits per heavy atom. The molecule has 35 heavy (non-hydrogen) atoms. The summed E-state index contributed by atoms with van der Waals surface area (Å²) in [6.45, 7) is 8.97. The van der Waals surface area contributed by atoms with Crippen LogP contribution in [0, 0.1) is 0 Å². The van der Waals surface area contributed by atoms with E-state index in [1.165, 1.54) is 0 Å². The van der Waals surface area contributed by atoms with Gasteiger partial charge in [-0.25, -0.2) is 4.98 Å². The summed E-state index contributed by atoms with van der Waals surface area (Å²) in [5.74, 6) is 0.789. The van der Waals surface area contributed by atoms with Crippen LogP contribution in [0.2, 0.25) is 0 Å². The molecule has 0 saturated carbocycles. The van der Waals surface area contributed by atoms with Gasteiger partial charge in [-0.1, -0.05) is 18.2 Å². The van der Waals surface area contributed by atoms with Gasteiger partial charge in [0.05, 0.1) is 30.4 Å². The second-order valence-corrected chi connectivity index (χ2v) is 10.0. The van der Waals surface area contributed by atoms with E-state index in [0.717, 1.165) is 40.9 Å². The van der Waals surface area contributed by atoms with Gasteiger partial charge in [-0.3, -0.25) is 14.5 Å². The van der Waals surface area contributed by atoms with Crippen LogP contribution in [0.25, 0.3) is 22.2 Å². The molecule has 0 unspecified atom stereocenters. The maximum Gasteiger partial charge on any atom is 0.254 e. The smallest absolute Gasteiger partial charge is 0.254 e. The largest absolute Gasteiger partial charge is 0.497 e. The molecule has 0 aliphatic carbocycles. The minimum absolute atomic E-state index is 0.000597. The van der Waals surface area contributed by atoms with Gasteiger partial charge in [-0.05, 0) is 63.6 Å². The Morgan fingerprint density at radius 3 is 2.46 bits per heavy atom. The fourth-order valence-electron chi connectivity index (χ4n) is 4.43. The van der Waals surface area contributed by atoms with Gasteiger partial charge in [0.2, 0.25) is 5.91 Å². The van der Waals surface area contributed by atoms with E-state index < -0.39 is 0 Å². The third kappa shape index (κ3) is 6.17. The number of hydrogen-bond acceptors (Lipinski definition) is 5. The fraction of sp³-hybridized carbons (Fsp3) is 0.393. The number of para-hydroxylation sites is 1. The highest BCUT2D eigenvalue weighted by molar-refractivity contribution is 6.07. The first-order valence-electron chi connectivity index (χ1n) is 12.1. The first-order chi connectivity index (χ1) is 16.7. The molecule has 4 rings (SSSR count). The highest BCUT2D eigenvalue weighted by Gasteiger charge is 2.24. The summed E-state index contributed by atoms with van der Waals surface area (Å²) in [6.07, 6.45) is 0.822. The Bertz CT molecular complexity index is 1200. The maximum absolute atomic E-state index is 13.7. The number of nitrogens with one attached hydrogen (secondary N) is 1. The molecule has 1 N–H and O–H groups in total. The van der Waals surface area contributed by atoms with Crippen LogP contribution in [0.1, 0.15) is 37.6 Å². The van der Waals surface area contributed by atoms with Crippen molar-refractivity contribution in [2.75, 3.05) is 39.8 Å². The average Bonchev–Trinajstić information content (AvgIpc) is 3.07. The number of pyridine rings is 1. The molecule has 0 radical (unpaired) electrons. The summed E-state index contributed by atoms with van der Waals surface area (Å²) < 4.78 is 5.27. The van der Waals surface area contributed by atoms with Crippen LogP contribution < -0.4 is 10.1 Å². The molecule has 7 nitrogen and oxygen atoms in total. The van der Waals surface area contributed by atoms with Crippen LogP contribution in [0.3, 0.4) is 0 Å². The Balaban J connectivity index is 1.55. The first-order valence-corrected chi connectivity index (χ1v) is 12.1. The van der Waals surface area contributed by atoms with E-state index >= 15 is 0 Å². The number of methoxy groups -OCH3 is 1. The topological polar surface area (TPSA) is 74.8 Å². The van der Waals surface area contributed by atoms with Crippen molar-refractivity contribution in [1.29, 1.82) is 0 Å². The van der Waals surface area contributed by atoms with E-state index in [1.807, 2.05) is 80.3 Å². The van der Waals surface area contributed by atoms with Gasteiger partial charge >= 0.3 is 0 Å². The second-order valence-electron chi connectivity index (χ2n) is 10.0. The van der Waals surface area contributed by atoms with E-state index in [0.29, 0.717) is 31.7 Å². The molecule has 1 aromatic heterocycles. The molecule has 1 fully saturated rings. The number of benzene rings is 2. The first kappa shape index (κ1) is 24.7. The molecular formula is C28H34N4O3. The summed E-state index contributed by atoms with van der Waals surface area (Å²) in [4.78, 5) is 35.0. The van der Waals surface area contributed by atoms with Crippen molar-refractivity contribution < 1.29 is 14.3 Å².